The molecular formula is C29H34O3. The van der Waals surface area contributed by atoms with Crippen LogP contribution in [-0.4, -0.2) is 11.4 Å². The van der Waals surface area contributed by atoms with Crippen molar-refractivity contribution in [2.75, 3.05) is 0 Å². The van der Waals surface area contributed by atoms with Gasteiger partial charge >= 0.3 is 0 Å². The van der Waals surface area contributed by atoms with E-state index in [0.717, 1.165) is 24.3 Å². The minimum atomic E-state index is -0.197. The number of benzene rings is 3. The van der Waals surface area contributed by atoms with Gasteiger partial charge in [0, 0.05) is 11.1 Å². The second-order valence-corrected chi connectivity index (χ2v) is 9.46. The summed E-state index contributed by atoms with van der Waals surface area (Å²) in [4.78, 5) is 12.9. The molecule has 32 heavy (non-hydrogen) atoms. The summed E-state index contributed by atoms with van der Waals surface area (Å²) in [5.74, 6) is 2.24. The Labute approximate surface area is 192 Å². The van der Waals surface area contributed by atoms with Gasteiger partial charge < -0.3 is 9.47 Å². The predicted octanol–water partition coefficient (Wildman–Crippen LogP) is 7.96. The molecule has 0 atom stereocenters. The zero-order valence-corrected chi connectivity index (χ0v) is 20.1. The van der Waals surface area contributed by atoms with Gasteiger partial charge in [-0.1, -0.05) is 52.0 Å². The van der Waals surface area contributed by atoms with E-state index in [0.29, 0.717) is 16.9 Å². The molecule has 0 N–H and O–H groups in total. The Morgan fingerprint density at radius 1 is 0.656 bits per heavy atom. The fourth-order valence-electron chi connectivity index (χ4n) is 3.22. The third kappa shape index (κ3) is 5.79. The second-order valence-electron chi connectivity index (χ2n) is 9.46. The third-order valence-electron chi connectivity index (χ3n) is 6.23. The van der Waals surface area contributed by atoms with Crippen LogP contribution in [-0.2, 0) is 5.41 Å². The van der Waals surface area contributed by atoms with Crippen LogP contribution < -0.4 is 9.47 Å². The van der Waals surface area contributed by atoms with E-state index in [2.05, 4.69) is 53.7 Å². The lowest BCUT2D eigenvalue weighted by Gasteiger charge is -2.24. The zero-order chi connectivity index (χ0) is 23.4. The van der Waals surface area contributed by atoms with Crippen LogP contribution in [0.2, 0.25) is 0 Å². The van der Waals surface area contributed by atoms with Crippen LogP contribution in [0.1, 0.15) is 75.9 Å². The summed E-state index contributed by atoms with van der Waals surface area (Å²) < 4.78 is 11.9. The highest BCUT2D eigenvalue weighted by atomic mass is 16.5. The summed E-state index contributed by atoms with van der Waals surface area (Å²) in [5.41, 5.74) is 2.49. The number of ketones is 1. The first-order chi connectivity index (χ1) is 15.1. The molecule has 0 bridgehead atoms. The molecule has 0 amide bonds. The topological polar surface area (TPSA) is 35.5 Å². The molecule has 168 valence electrons. The fourth-order valence-corrected chi connectivity index (χ4v) is 3.22. The van der Waals surface area contributed by atoms with E-state index in [-0.39, 0.29) is 16.8 Å². The zero-order valence-electron chi connectivity index (χ0n) is 20.1. The molecule has 3 rings (SSSR count). The van der Waals surface area contributed by atoms with Crippen LogP contribution in [0.5, 0.6) is 17.2 Å². The summed E-state index contributed by atoms with van der Waals surface area (Å²) in [6.07, 6.45) is 1.98. The van der Waals surface area contributed by atoms with Gasteiger partial charge in [-0.15, -0.1) is 0 Å². The summed E-state index contributed by atoms with van der Waals surface area (Å²) in [7, 11) is 0. The highest BCUT2D eigenvalue weighted by molar-refractivity contribution is 6.09. The summed E-state index contributed by atoms with van der Waals surface area (Å²) in [5, 5.41) is 0. The van der Waals surface area contributed by atoms with Crippen molar-refractivity contribution in [2.45, 2.75) is 65.4 Å². The molecule has 0 heterocycles. The van der Waals surface area contributed by atoms with Crippen molar-refractivity contribution in [3.63, 3.8) is 0 Å². The van der Waals surface area contributed by atoms with Crippen molar-refractivity contribution in [2.24, 2.45) is 0 Å². The number of hydrogen-bond acceptors (Lipinski definition) is 3. The van der Waals surface area contributed by atoms with E-state index in [9.17, 15) is 4.79 Å². The monoisotopic (exact) mass is 430 g/mol. The van der Waals surface area contributed by atoms with Gasteiger partial charge in [0.25, 0.3) is 0 Å². The Morgan fingerprint density at radius 3 is 1.56 bits per heavy atom. The molecular weight excluding hydrogens is 396 g/mol. The molecule has 0 spiro atoms. The third-order valence-corrected chi connectivity index (χ3v) is 6.23. The van der Waals surface area contributed by atoms with E-state index >= 15 is 0 Å². The van der Waals surface area contributed by atoms with Crippen LogP contribution >= 0.6 is 0 Å². The Balaban J connectivity index is 1.65. The number of hydrogen-bond donors (Lipinski definition) is 0. The highest BCUT2D eigenvalue weighted by Crippen LogP contribution is 2.29. The van der Waals surface area contributed by atoms with Gasteiger partial charge in [-0.05, 0) is 86.2 Å². The van der Waals surface area contributed by atoms with Crippen molar-refractivity contribution in [3.8, 4) is 17.2 Å². The summed E-state index contributed by atoms with van der Waals surface area (Å²) >= 11 is 0. The van der Waals surface area contributed by atoms with E-state index < -0.39 is 0 Å². The lowest BCUT2D eigenvalue weighted by Crippen LogP contribution is -2.26. The van der Waals surface area contributed by atoms with Crippen molar-refractivity contribution >= 4 is 5.78 Å². The van der Waals surface area contributed by atoms with Crippen LogP contribution in [0, 0.1) is 0 Å². The lowest BCUT2D eigenvalue weighted by molar-refractivity contribution is 0.103. The molecule has 0 fully saturated rings. The molecule has 3 aromatic carbocycles. The maximum absolute atomic E-state index is 12.9. The smallest absolute Gasteiger partial charge is 0.193 e. The van der Waals surface area contributed by atoms with E-state index in [1.807, 2.05) is 60.7 Å². The molecule has 0 aliphatic heterocycles. The summed E-state index contributed by atoms with van der Waals surface area (Å²) in [6.45, 7) is 12.9. The standard InChI is InChI=1S/C29H34O3/c1-7-28(3,4)23-13-9-21(10-14-23)27(30)22-11-15-24(16-12-22)31-25-17-19-26(20-18-25)32-29(5,6)8-2/h9-20H,7-8H2,1-6H3. The van der Waals surface area contributed by atoms with Gasteiger partial charge in [-0.2, -0.15) is 0 Å². The Bertz CT molecular complexity index is 1030. The first-order valence-corrected chi connectivity index (χ1v) is 11.4. The number of carbonyl (C=O) groups excluding carboxylic acids is 1. The highest BCUT2D eigenvalue weighted by Gasteiger charge is 2.19. The minimum absolute atomic E-state index is 0.0115. The molecule has 0 unspecified atom stereocenters. The minimum Gasteiger partial charge on any atom is -0.488 e. The number of rotatable bonds is 9. The molecule has 3 nitrogen and oxygen atoms in total. The Hall–Kier alpha value is -3.07. The average Bonchev–Trinajstić information content (AvgIpc) is 2.80. The second kappa shape index (κ2) is 9.60. The normalized spacial score (nSPS) is 11.8. The van der Waals surface area contributed by atoms with E-state index in [1.165, 1.54) is 5.56 Å². The van der Waals surface area contributed by atoms with Crippen molar-refractivity contribution < 1.29 is 14.3 Å². The molecule has 0 saturated carbocycles. The molecule has 0 radical (unpaired) electrons. The SMILES string of the molecule is CCC(C)(C)Oc1ccc(Oc2ccc(C(=O)c3ccc(C(C)(C)CC)cc3)cc2)cc1. The first kappa shape index (κ1) is 23.6. The van der Waals surface area contributed by atoms with E-state index in [4.69, 9.17) is 9.47 Å². The molecule has 0 aliphatic rings. The van der Waals surface area contributed by atoms with Gasteiger partial charge in [-0.3, -0.25) is 4.79 Å². The maximum atomic E-state index is 12.9. The van der Waals surface area contributed by atoms with Crippen molar-refractivity contribution in [3.05, 3.63) is 89.5 Å². The molecule has 0 aromatic heterocycles. The Kier molecular flexibility index (Phi) is 7.08. The average molecular weight is 431 g/mol. The number of carbonyl (C=O) groups is 1. The first-order valence-electron chi connectivity index (χ1n) is 11.4. The predicted molar refractivity (Wildman–Crippen MR) is 131 cm³/mol. The van der Waals surface area contributed by atoms with Crippen LogP contribution in [0.25, 0.3) is 0 Å². The number of ether oxygens (including phenoxy) is 2. The van der Waals surface area contributed by atoms with Crippen molar-refractivity contribution in [1.29, 1.82) is 0 Å². The van der Waals surface area contributed by atoms with Crippen LogP contribution in [0.4, 0.5) is 0 Å². The molecule has 0 aliphatic carbocycles. The molecule has 3 aromatic rings. The van der Waals surface area contributed by atoms with Gasteiger partial charge in [0.2, 0.25) is 0 Å². The van der Waals surface area contributed by atoms with Gasteiger partial charge in [0.15, 0.2) is 5.78 Å². The molecule has 3 heteroatoms. The largest absolute Gasteiger partial charge is 0.488 e. The Morgan fingerprint density at radius 2 is 1.09 bits per heavy atom. The van der Waals surface area contributed by atoms with Gasteiger partial charge in [0.05, 0.1) is 0 Å². The molecule has 0 saturated heterocycles. The quantitative estimate of drug-likeness (QED) is 0.323. The van der Waals surface area contributed by atoms with Crippen LogP contribution in [0.3, 0.4) is 0 Å². The summed E-state index contributed by atoms with van der Waals surface area (Å²) in [6, 6.07) is 22.8. The fraction of sp³-hybridized carbons (Fsp3) is 0.345. The van der Waals surface area contributed by atoms with E-state index in [1.54, 1.807) is 0 Å². The van der Waals surface area contributed by atoms with Gasteiger partial charge in [0.1, 0.15) is 22.8 Å². The van der Waals surface area contributed by atoms with Crippen LogP contribution in [0.15, 0.2) is 72.8 Å². The van der Waals surface area contributed by atoms with Gasteiger partial charge in [-0.25, -0.2) is 0 Å². The van der Waals surface area contributed by atoms with Crippen molar-refractivity contribution in [1.82, 2.24) is 0 Å². The lowest BCUT2D eigenvalue weighted by atomic mass is 9.82. The maximum Gasteiger partial charge on any atom is 0.193 e.